The van der Waals surface area contributed by atoms with E-state index in [-0.39, 0.29) is 22.4 Å². The van der Waals surface area contributed by atoms with Gasteiger partial charge in [0, 0.05) is 34.2 Å². The number of carbonyl (C=O) groups is 2. The van der Waals surface area contributed by atoms with Gasteiger partial charge in [-0.3, -0.25) is 4.98 Å². The number of amides is 2. The molecular weight excluding hydrogens is 715 g/mol. The van der Waals surface area contributed by atoms with Gasteiger partial charge in [-0.15, -0.1) is 8.58 Å². The number of carbonyl (C=O) groups excluding carboxylic acids is 2. The molecule has 6 rings (SSSR count). The van der Waals surface area contributed by atoms with Crippen molar-refractivity contribution in [3.05, 3.63) is 87.4 Å². The number of benzene rings is 2. The van der Waals surface area contributed by atoms with Crippen molar-refractivity contribution in [2.45, 2.75) is 57.7 Å². The predicted molar refractivity (Wildman–Crippen MR) is 188 cm³/mol. The largest absolute Gasteiger partial charge is 0.465 e. The number of methoxy groups -OCH3 is 1. The first-order chi connectivity index (χ1) is 23.8. The van der Waals surface area contributed by atoms with Crippen LogP contribution in [-0.4, -0.2) is 41.5 Å². The number of halogens is 5. The summed E-state index contributed by atoms with van der Waals surface area (Å²) in [5, 5.41) is 7.86. The number of nitrogens with zero attached hydrogens (tertiary/aromatic N) is 2. The average Bonchev–Trinajstić information content (AvgIpc) is 3.74. The van der Waals surface area contributed by atoms with Gasteiger partial charge in [-0.2, -0.15) is 13.2 Å². The molecule has 15 heteroatoms. The maximum atomic E-state index is 12.6. The van der Waals surface area contributed by atoms with Gasteiger partial charge in [0.1, 0.15) is 17.1 Å². The third kappa shape index (κ3) is 8.96. The van der Waals surface area contributed by atoms with Crippen molar-refractivity contribution >= 4 is 49.5 Å². The zero-order valence-corrected chi connectivity index (χ0v) is 30.0. The van der Waals surface area contributed by atoms with Gasteiger partial charge in [-0.1, -0.05) is 60.8 Å². The molecule has 2 amide bonds. The number of hydrogen-bond donors (Lipinski definition) is 2. The number of nitrogens with one attached hydrogen (secondary N) is 1. The van der Waals surface area contributed by atoms with E-state index in [9.17, 15) is 22.8 Å². The second-order valence-electron chi connectivity index (χ2n) is 12.2. The zero-order chi connectivity index (χ0) is 36.2. The third-order valence-electron chi connectivity index (χ3n) is 8.63. The van der Waals surface area contributed by atoms with Gasteiger partial charge >= 0.3 is 18.2 Å². The SMILES string of the molecule is CCC1CC(C)CC1OCc1c(-c2c(Cl)cccc2Cl)noc1C1CP1.COC(=O)c1ccc(NC(N)=O)cc1-c1ccc(C(F)(F)F)nc1. The lowest BCUT2D eigenvalue weighted by molar-refractivity contribution is -0.141. The molecule has 0 radical (unpaired) electrons. The number of nitrogens with two attached hydrogens (primary N) is 1. The van der Waals surface area contributed by atoms with Crippen molar-refractivity contribution in [2.24, 2.45) is 17.6 Å². The van der Waals surface area contributed by atoms with Crippen LogP contribution in [0.3, 0.4) is 0 Å². The maximum Gasteiger partial charge on any atom is 0.433 e. The van der Waals surface area contributed by atoms with E-state index in [0.29, 0.717) is 34.3 Å². The number of rotatable bonds is 9. The van der Waals surface area contributed by atoms with E-state index in [1.165, 1.54) is 50.4 Å². The second-order valence-corrected chi connectivity index (χ2v) is 14.5. The van der Waals surface area contributed by atoms with Gasteiger partial charge in [0.2, 0.25) is 0 Å². The van der Waals surface area contributed by atoms with Gasteiger partial charge in [-0.05, 0) is 72.8 Å². The lowest BCUT2D eigenvalue weighted by Crippen LogP contribution is -2.19. The fourth-order valence-electron chi connectivity index (χ4n) is 6.09. The van der Waals surface area contributed by atoms with Crippen LogP contribution in [0.25, 0.3) is 22.4 Å². The monoisotopic (exact) mass is 750 g/mol. The molecule has 5 atom stereocenters. The smallest absolute Gasteiger partial charge is 0.433 e. The summed E-state index contributed by atoms with van der Waals surface area (Å²) in [6.07, 6.45) is 1.46. The molecule has 1 aliphatic heterocycles. The van der Waals surface area contributed by atoms with Gasteiger partial charge in [-0.25, -0.2) is 9.59 Å². The minimum atomic E-state index is -4.57. The van der Waals surface area contributed by atoms with Gasteiger partial charge < -0.3 is 25.0 Å². The number of alkyl halides is 3. The topological polar surface area (TPSA) is 130 Å². The molecule has 4 aromatic rings. The van der Waals surface area contributed by atoms with Crippen molar-refractivity contribution in [1.29, 1.82) is 0 Å². The van der Waals surface area contributed by atoms with E-state index in [4.69, 9.17) is 38.2 Å². The van der Waals surface area contributed by atoms with Crippen molar-refractivity contribution < 1.29 is 36.8 Å². The molecule has 2 aliphatic rings. The van der Waals surface area contributed by atoms with Crippen molar-refractivity contribution in [3.63, 3.8) is 0 Å². The molecule has 2 fully saturated rings. The molecule has 1 saturated carbocycles. The van der Waals surface area contributed by atoms with E-state index in [0.717, 1.165) is 55.8 Å². The van der Waals surface area contributed by atoms with Crippen molar-refractivity contribution in [3.8, 4) is 22.4 Å². The lowest BCUT2D eigenvalue weighted by Gasteiger charge is -2.19. The van der Waals surface area contributed by atoms with E-state index in [2.05, 4.69) is 34.0 Å². The Hall–Kier alpha value is -3.70. The van der Waals surface area contributed by atoms with E-state index in [1.807, 2.05) is 18.2 Å². The summed E-state index contributed by atoms with van der Waals surface area (Å²) in [4.78, 5) is 26.1. The van der Waals surface area contributed by atoms with Crippen molar-refractivity contribution in [1.82, 2.24) is 10.1 Å². The van der Waals surface area contributed by atoms with Crippen LogP contribution >= 0.6 is 31.8 Å². The van der Waals surface area contributed by atoms with E-state index >= 15 is 0 Å². The van der Waals surface area contributed by atoms with Gasteiger partial charge in [0.15, 0.2) is 0 Å². The number of aromatic nitrogens is 2. The summed E-state index contributed by atoms with van der Waals surface area (Å²) in [5.41, 5.74) is 7.84. The quantitative estimate of drug-likeness (QED) is 0.129. The minimum absolute atomic E-state index is 0.106. The van der Waals surface area contributed by atoms with Gasteiger partial charge in [0.05, 0.1) is 35.4 Å². The Morgan fingerprint density at radius 2 is 1.84 bits per heavy atom. The Balaban J connectivity index is 0.000000195. The Labute approximate surface area is 299 Å². The van der Waals surface area contributed by atoms with Crippen LogP contribution in [-0.2, 0) is 22.3 Å². The number of pyridine rings is 1. The first-order valence-corrected chi connectivity index (χ1v) is 17.9. The van der Waals surface area contributed by atoms with Crippen molar-refractivity contribution in [2.75, 3.05) is 18.6 Å². The highest BCUT2D eigenvalue weighted by Crippen LogP contribution is 2.55. The predicted octanol–water partition coefficient (Wildman–Crippen LogP) is 9.77. The maximum absolute atomic E-state index is 12.6. The summed E-state index contributed by atoms with van der Waals surface area (Å²) >= 11 is 12.9. The first-order valence-electron chi connectivity index (χ1n) is 15.9. The third-order valence-corrected chi connectivity index (χ3v) is 10.3. The Bertz CT molecular complexity index is 1820. The highest BCUT2D eigenvalue weighted by molar-refractivity contribution is 7.47. The Morgan fingerprint density at radius 1 is 1.12 bits per heavy atom. The summed E-state index contributed by atoms with van der Waals surface area (Å²) < 4.78 is 54.6. The summed E-state index contributed by atoms with van der Waals surface area (Å²) in [6, 6.07) is 10.8. The number of hydrogen-bond acceptors (Lipinski definition) is 7. The number of ether oxygens (including phenoxy) is 2. The summed E-state index contributed by atoms with van der Waals surface area (Å²) in [5.74, 6) is 1.65. The minimum Gasteiger partial charge on any atom is -0.465 e. The average molecular weight is 752 g/mol. The molecule has 0 bridgehead atoms. The molecule has 3 heterocycles. The fourth-order valence-corrected chi connectivity index (χ4v) is 7.38. The van der Waals surface area contributed by atoms with E-state index in [1.54, 1.807) is 0 Å². The fraction of sp³-hybridized carbons (Fsp3) is 0.371. The molecule has 1 saturated heterocycles. The molecule has 9 nitrogen and oxygen atoms in total. The summed E-state index contributed by atoms with van der Waals surface area (Å²) in [7, 11) is 2.08. The lowest BCUT2D eigenvalue weighted by atomic mass is 10.00. The van der Waals surface area contributed by atoms with E-state index < -0.39 is 23.9 Å². The number of anilines is 1. The van der Waals surface area contributed by atoms with Crippen LogP contribution in [0.1, 0.15) is 66.1 Å². The molecule has 2 aromatic carbocycles. The molecule has 50 heavy (non-hydrogen) atoms. The normalized spacial score (nSPS) is 20.2. The van der Waals surface area contributed by atoms with Crippen LogP contribution < -0.4 is 11.1 Å². The Kier molecular flexibility index (Phi) is 12.1. The second kappa shape index (κ2) is 16.1. The molecule has 0 spiro atoms. The molecule has 1 aliphatic carbocycles. The highest BCUT2D eigenvalue weighted by Gasteiger charge is 2.36. The molecule has 266 valence electrons. The Morgan fingerprint density at radius 3 is 2.42 bits per heavy atom. The number of esters is 1. The van der Waals surface area contributed by atoms with Crippen LogP contribution in [0.4, 0.5) is 23.7 Å². The highest BCUT2D eigenvalue weighted by atomic mass is 35.5. The molecule has 3 N–H and O–H groups in total. The zero-order valence-electron chi connectivity index (χ0n) is 27.4. The van der Waals surface area contributed by atoms with Gasteiger partial charge in [0.25, 0.3) is 0 Å². The first kappa shape index (κ1) is 37.6. The molecule has 2 aromatic heterocycles. The standard InChI is InChI=1S/C20H24Cl2NO2P.C15H12F3N3O3/c1-3-12-7-11(2)8-16(12)24-9-13-19(23-25-20(13)17-10-26-17)18-14(21)5-4-6-15(18)22;1-24-13(22)10-4-3-9(21-14(19)23)6-11(10)8-2-5-12(20-7-8)15(16,17)18/h4-6,11-12,16-17,26H,3,7-10H2,1-2H3;2-7H,1H3,(H3,19,21,23). The van der Waals surface area contributed by atoms with Crippen LogP contribution in [0.5, 0.6) is 0 Å². The molecular formula is C35H36Cl2F3N4O5P. The van der Waals surface area contributed by atoms with Crippen LogP contribution in [0.15, 0.2) is 59.3 Å². The van der Waals surface area contributed by atoms with Crippen LogP contribution in [0.2, 0.25) is 10.0 Å². The molecule has 5 unspecified atom stereocenters. The van der Waals surface area contributed by atoms with Crippen LogP contribution in [0, 0.1) is 11.8 Å². The number of primary amides is 1. The summed E-state index contributed by atoms with van der Waals surface area (Å²) in [6.45, 7) is 5.09. The number of urea groups is 1.